The summed E-state index contributed by atoms with van der Waals surface area (Å²) >= 11 is 8.07. The molecule has 0 aliphatic carbocycles. The Labute approximate surface area is 222 Å². The Morgan fingerprint density at radius 3 is 1.21 bits per heavy atom. The van der Waals surface area contributed by atoms with Crippen molar-refractivity contribution >= 4 is 43.5 Å². The highest BCUT2D eigenvalue weighted by molar-refractivity contribution is 8.00. The van der Waals surface area contributed by atoms with Gasteiger partial charge in [-0.3, -0.25) is 0 Å². The van der Waals surface area contributed by atoms with Crippen LogP contribution in [-0.2, 0) is 14.0 Å². The molecule has 0 fully saturated rings. The molecule has 3 nitrogen and oxygen atoms in total. The van der Waals surface area contributed by atoms with E-state index in [0.717, 1.165) is 11.5 Å². The van der Waals surface area contributed by atoms with Gasteiger partial charge in [0.2, 0.25) is 0 Å². The Bertz CT molecular complexity index is 362. The van der Waals surface area contributed by atoms with E-state index < -0.39 is 7.32 Å². The largest absolute Gasteiger partial charge is 0.641 e. The zero-order valence-electron chi connectivity index (χ0n) is 22.5. The quantitative estimate of drug-likeness (QED) is 0.0528. The second kappa shape index (κ2) is 26.1. The molecular weight excluding hydrogens is 467 g/mol. The zero-order valence-corrected chi connectivity index (χ0v) is 25.1. The van der Waals surface area contributed by atoms with Crippen molar-refractivity contribution in [3.63, 3.8) is 0 Å². The first-order valence-electron chi connectivity index (χ1n) is 13.9. The topological polar surface area (TPSA) is 27.7 Å². The summed E-state index contributed by atoms with van der Waals surface area (Å²) < 4.78 is 17.9. The third kappa shape index (κ3) is 25.9. The van der Waals surface area contributed by atoms with E-state index in [-0.39, 0.29) is 16.3 Å². The Kier molecular flexibility index (Phi) is 26.9. The molecule has 0 N–H and O–H groups in total. The van der Waals surface area contributed by atoms with Gasteiger partial charge in [-0.2, -0.15) is 0 Å². The summed E-state index contributed by atoms with van der Waals surface area (Å²) in [4.78, 5) is 0. The minimum atomic E-state index is -0.653. The predicted molar refractivity (Wildman–Crippen MR) is 157 cm³/mol. The molecule has 3 unspecified atom stereocenters. The van der Waals surface area contributed by atoms with E-state index in [2.05, 4.69) is 40.3 Å². The van der Waals surface area contributed by atoms with E-state index in [1.54, 1.807) is 0 Å². The number of thioether (sulfide) groups is 2. The van der Waals surface area contributed by atoms with E-state index in [9.17, 15) is 0 Å². The summed E-state index contributed by atoms with van der Waals surface area (Å²) in [6.45, 7) is 10.6. The first-order valence-corrected chi connectivity index (χ1v) is 16.5. The Hall–Kier alpha value is 0.995. The van der Waals surface area contributed by atoms with Crippen LogP contribution < -0.4 is 0 Å². The Morgan fingerprint density at radius 1 is 0.545 bits per heavy atom. The van der Waals surface area contributed by atoms with Gasteiger partial charge in [0.15, 0.2) is 0 Å². The number of unbranched alkanes of at least 4 members (excludes halogenated alkanes) is 14. The number of hydrogen-bond acceptors (Lipinski definition) is 6. The van der Waals surface area contributed by atoms with Crippen LogP contribution in [0.5, 0.6) is 0 Å². The van der Waals surface area contributed by atoms with Gasteiger partial charge in [-0.1, -0.05) is 104 Å². The maximum absolute atomic E-state index is 6.05. The lowest BCUT2D eigenvalue weighted by Crippen LogP contribution is -2.34. The summed E-state index contributed by atoms with van der Waals surface area (Å²) in [6.07, 6.45) is 21.7. The molecule has 0 spiro atoms. The molecule has 0 aromatic carbocycles. The number of hydrogen-bond donors (Lipinski definition) is 1. The van der Waals surface area contributed by atoms with Crippen LogP contribution in [0.2, 0.25) is 0 Å². The van der Waals surface area contributed by atoms with Crippen LogP contribution in [0.15, 0.2) is 0 Å². The Morgan fingerprint density at radius 2 is 0.879 bits per heavy atom. The lowest BCUT2D eigenvalue weighted by molar-refractivity contribution is 0.0814. The molecule has 0 aromatic rings. The van der Waals surface area contributed by atoms with E-state index >= 15 is 0 Å². The van der Waals surface area contributed by atoms with Crippen LogP contribution in [0.3, 0.4) is 0 Å². The van der Waals surface area contributed by atoms with Gasteiger partial charge in [0.1, 0.15) is 0 Å². The Balaban J connectivity index is 3.88. The fraction of sp³-hybridized carbons (Fsp3) is 1.00. The minimum absolute atomic E-state index is 0.0524. The standard InChI is InChI=1S/C26H55BO3S3/c1-6-8-10-12-14-16-18-20-22-32-25(4)29-27(28-24(3)31)30-26(5)33-23-21-19-17-15-13-11-9-7-2/h24-26,31H,6-23H2,1-5H3. The van der Waals surface area contributed by atoms with Crippen LogP contribution in [0.1, 0.15) is 137 Å². The van der Waals surface area contributed by atoms with E-state index in [0.29, 0.717) is 0 Å². The van der Waals surface area contributed by atoms with Crippen molar-refractivity contribution in [2.75, 3.05) is 11.5 Å². The van der Waals surface area contributed by atoms with Crippen LogP contribution in [0, 0.1) is 0 Å². The van der Waals surface area contributed by atoms with Gasteiger partial charge < -0.3 is 14.0 Å². The SMILES string of the molecule is CCCCCCCCCCSC(C)OB(OC(C)S)OC(C)SCCCCCCCCCC. The lowest BCUT2D eigenvalue weighted by Gasteiger charge is -2.23. The highest BCUT2D eigenvalue weighted by Gasteiger charge is 2.28. The minimum Gasteiger partial charge on any atom is -0.374 e. The maximum Gasteiger partial charge on any atom is 0.641 e. The average molecular weight is 523 g/mol. The lowest BCUT2D eigenvalue weighted by atomic mass is 10.1. The molecule has 0 aromatic heterocycles. The maximum atomic E-state index is 6.05. The molecule has 0 aliphatic heterocycles. The van der Waals surface area contributed by atoms with Gasteiger partial charge in [-0.25, -0.2) is 0 Å². The first-order chi connectivity index (χ1) is 16.0. The van der Waals surface area contributed by atoms with Crippen LogP contribution >= 0.6 is 36.2 Å². The first kappa shape index (κ1) is 34.0. The van der Waals surface area contributed by atoms with Gasteiger partial charge in [-0.15, -0.1) is 36.2 Å². The van der Waals surface area contributed by atoms with Crippen molar-refractivity contribution in [3.05, 3.63) is 0 Å². The molecule has 0 radical (unpaired) electrons. The second-order valence-electron chi connectivity index (χ2n) is 9.12. The molecule has 33 heavy (non-hydrogen) atoms. The third-order valence-electron chi connectivity index (χ3n) is 5.61. The van der Waals surface area contributed by atoms with Gasteiger partial charge in [0.05, 0.1) is 16.3 Å². The summed E-state index contributed by atoms with van der Waals surface area (Å²) in [5.41, 5.74) is -0.113. The molecule has 7 heteroatoms. The molecule has 0 rings (SSSR count). The summed E-state index contributed by atoms with van der Waals surface area (Å²) in [5.74, 6) is 2.25. The van der Waals surface area contributed by atoms with Crippen molar-refractivity contribution in [3.8, 4) is 0 Å². The normalized spacial score (nSPS) is 14.4. The zero-order chi connectivity index (χ0) is 24.6. The monoisotopic (exact) mass is 522 g/mol. The van der Waals surface area contributed by atoms with E-state index in [1.165, 1.54) is 103 Å². The highest BCUT2D eigenvalue weighted by Crippen LogP contribution is 2.21. The second-order valence-corrected chi connectivity index (χ2v) is 12.7. The predicted octanol–water partition coefficient (Wildman–Crippen LogP) is 9.74. The average Bonchev–Trinajstić information content (AvgIpc) is 2.76. The molecule has 0 saturated heterocycles. The highest BCUT2D eigenvalue weighted by atomic mass is 32.2. The van der Waals surface area contributed by atoms with Gasteiger partial charge in [0.25, 0.3) is 0 Å². The summed E-state index contributed by atoms with van der Waals surface area (Å²) in [5, 5.41) is 0. The molecule has 0 heterocycles. The third-order valence-corrected chi connectivity index (χ3v) is 7.95. The summed E-state index contributed by atoms with van der Waals surface area (Å²) in [7, 11) is -0.653. The van der Waals surface area contributed by atoms with Crippen molar-refractivity contribution in [2.45, 2.75) is 154 Å². The molecule has 0 saturated carbocycles. The van der Waals surface area contributed by atoms with Crippen molar-refractivity contribution in [1.29, 1.82) is 0 Å². The molecule has 0 aliphatic rings. The van der Waals surface area contributed by atoms with Crippen molar-refractivity contribution in [1.82, 2.24) is 0 Å². The van der Waals surface area contributed by atoms with Gasteiger partial charge >= 0.3 is 7.32 Å². The van der Waals surface area contributed by atoms with Crippen LogP contribution in [0.25, 0.3) is 0 Å². The van der Waals surface area contributed by atoms with E-state index in [4.69, 9.17) is 14.0 Å². The summed E-state index contributed by atoms with van der Waals surface area (Å²) in [6, 6.07) is 0. The molecule has 3 atom stereocenters. The van der Waals surface area contributed by atoms with Crippen LogP contribution in [-0.4, -0.2) is 35.1 Å². The fourth-order valence-corrected chi connectivity index (χ4v) is 5.46. The molecular formula is C26H55BO3S3. The fourth-order valence-electron chi connectivity index (χ4n) is 3.62. The van der Waals surface area contributed by atoms with Gasteiger partial charge in [-0.05, 0) is 45.1 Å². The van der Waals surface area contributed by atoms with Crippen molar-refractivity contribution in [2.24, 2.45) is 0 Å². The molecule has 0 bridgehead atoms. The molecule has 0 amide bonds. The van der Waals surface area contributed by atoms with Gasteiger partial charge in [0, 0.05) is 0 Å². The molecule has 198 valence electrons. The number of thiol groups is 1. The van der Waals surface area contributed by atoms with Crippen molar-refractivity contribution < 1.29 is 14.0 Å². The van der Waals surface area contributed by atoms with Crippen LogP contribution in [0.4, 0.5) is 0 Å². The van der Waals surface area contributed by atoms with E-state index in [1.807, 2.05) is 30.4 Å². The smallest absolute Gasteiger partial charge is 0.374 e. The number of rotatable bonds is 26.